The highest BCUT2D eigenvalue weighted by Gasteiger charge is 2.21. The maximum Gasteiger partial charge on any atom is 0.253 e. The minimum Gasteiger partial charge on any atom is -0.376 e. The lowest BCUT2D eigenvalue weighted by Crippen LogP contribution is -2.38. The van der Waals surface area contributed by atoms with E-state index in [2.05, 4.69) is 15.5 Å². The summed E-state index contributed by atoms with van der Waals surface area (Å²) in [5, 5.41) is 5.91. The van der Waals surface area contributed by atoms with E-state index in [9.17, 15) is 9.59 Å². The van der Waals surface area contributed by atoms with Crippen molar-refractivity contribution >= 4 is 40.5 Å². The molecule has 152 valence electrons. The second-order valence-corrected chi connectivity index (χ2v) is 7.35. The summed E-state index contributed by atoms with van der Waals surface area (Å²) < 4.78 is 0. The van der Waals surface area contributed by atoms with E-state index >= 15 is 0 Å². The Hall–Kier alpha value is -2.97. The second kappa shape index (κ2) is 9.99. The van der Waals surface area contributed by atoms with Gasteiger partial charge in [0.15, 0.2) is 5.11 Å². The molecule has 2 amide bonds. The first-order valence-corrected chi connectivity index (χ1v) is 9.95. The Morgan fingerprint density at radius 2 is 1.69 bits per heavy atom. The summed E-state index contributed by atoms with van der Waals surface area (Å²) in [6.07, 6.45) is 0.815. The molecule has 7 nitrogen and oxygen atoms in total. The number of hydrogen-bond donors (Lipinski definition) is 3. The molecule has 1 aliphatic heterocycles. The van der Waals surface area contributed by atoms with Crippen molar-refractivity contribution in [1.29, 1.82) is 0 Å². The van der Waals surface area contributed by atoms with Crippen molar-refractivity contribution in [2.24, 2.45) is 5.73 Å². The minimum absolute atomic E-state index is 0.0350. The van der Waals surface area contributed by atoms with Crippen LogP contribution in [0.2, 0.25) is 0 Å². The first kappa shape index (κ1) is 20.8. The van der Waals surface area contributed by atoms with Gasteiger partial charge in [0.1, 0.15) is 0 Å². The van der Waals surface area contributed by atoms with Gasteiger partial charge in [-0.25, -0.2) is 0 Å². The van der Waals surface area contributed by atoms with Crippen LogP contribution in [0, 0.1) is 0 Å². The fourth-order valence-electron chi connectivity index (χ4n) is 3.31. The van der Waals surface area contributed by atoms with Crippen LogP contribution in [0.1, 0.15) is 16.8 Å². The normalized spacial score (nSPS) is 14.7. The molecule has 2 aromatic carbocycles. The number of nitrogens with zero attached hydrogens (tertiary/aromatic N) is 2. The summed E-state index contributed by atoms with van der Waals surface area (Å²) in [6, 6.07) is 16.5. The average Bonchev–Trinajstić information content (AvgIpc) is 2.93. The molecule has 0 unspecified atom stereocenters. The average molecular weight is 412 g/mol. The molecule has 2 aromatic rings. The Kier molecular flexibility index (Phi) is 7.15. The quantitative estimate of drug-likeness (QED) is 0.653. The molecule has 0 spiro atoms. The van der Waals surface area contributed by atoms with E-state index in [0.29, 0.717) is 37.4 Å². The minimum atomic E-state index is -0.0486. The number of benzene rings is 2. The Balaban J connectivity index is 1.54. The zero-order valence-corrected chi connectivity index (χ0v) is 17.0. The van der Waals surface area contributed by atoms with Crippen LogP contribution in [0.5, 0.6) is 0 Å². The molecule has 1 heterocycles. The summed E-state index contributed by atoms with van der Waals surface area (Å²) >= 11 is 4.85. The summed E-state index contributed by atoms with van der Waals surface area (Å²) in [5.41, 5.74) is 7.57. The third-order valence-electron chi connectivity index (χ3n) is 4.68. The molecule has 1 saturated heterocycles. The third-order valence-corrected chi connectivity index (χ3v) is 4.78. The molecule has 0 atom stereocenters. The number of nitrogens with two attached hydrogens (primary N) is 1. The fourth-order valence-corrected chi connectivity index (χ4v) is 3.43. The fraction of sp³-hybridized carbons (Fsp3) is 0.286. The maximum absolute atomic E-state index is 12.9. The number of rotatable bonds is 5. The number of nitrogens with one attached hydrogen (secondary N) is 2. The van der Waals surface area contributed by atoms with Crippen molar-refractivity contribution in [1.82, 2.24) is 9.80 Å². The topological polar surface area (TPSA) is 90.7 Å². The van der Waals surface area contributed by atoms with E-state index < -0.39 is 0 Å². The molecule has 8 heteroatoms. The lowest BCUT2D eigenvalue weighted by molar-refractivity contribution is -0.117. The van der Waals surface area contributed by atoms with Gasteiger partial charge in [0.05, 0.1) is 6.54 Å². The van der Waals surface area contributed by atoms with Gasteiger partial charge in [-0.15, -0.1) is 0 Å². The van der Waals surface area contributed by atoms with Gasteiger partial charge in [-0.3, -0.25) is 14.5 Å². The van der Waals surface area contributed by atoms with Crippen LogP contribution in [-0.2, 0) is 4.79 Å². The Bertz CT molecular complexity index is 874. The van der Waals surface area contributed by atoms with Crippen LogP contribution >= 0.6 is 12.2 Å². The number of thiocarbonyl (C=S) groups is 1. The van der Waals surface area contributed by atoms with Gasteiger partial charge in [-0.05, 0) is 49.0 Å². The molecule has 3 rings (SSSR count). The van der Waals surface area contributed by atoms with Crippen LogP contribution in [0.25, 0.3) is 0 Å². The van der Waals surface area contributed by atoms with Crippen molar-refractivity contribution in [3.63, 3.8) is 0 Å². The molecule has 0 aromatic heterocycles. The van der Waals surface area contributed by atoms with Gasteiger partial charge in [0, 0.05) is 43.1 Å². The van der Waals surface area contributed by atoms with Gasteiger partial charge in [0.2, 0.25) is 5.91 Å². The molecular formula is C21H25N5O2S. The van der Waals surface area contributed by atoms with Crippen molar-refractivity contribution in [3.8, 4) is 0 Å². The van der Waals surface area contributed by atoms with Gasteiger partial charge >= 0.3 is 0 Å². The van der Waals surface area contributed by atoms with Crippen LogP contribution in [0.15, 0.2) is 54.6 Å². The molecule has 0 saturated carbocycles. The van der Waals surface area contributed by atoms with Crippen LogP contribution in [0.3, 0.4) is 0 Å². The van der Waals surface area contributed by atoms with E-state index in [1.54, 1.807) is 18.2 Å². The van der Waals surface area contributed by atoms with Crippen molar-refractivity contribution in [2.75, 3.05) is 43.4 Å². The SMILES string of the molecule is NC(=S)Nc1cccc(C(=O)N2CCCN(CC(=O)Nc3ccccc3)CC2)c1. The van der Waals surface area contributed by atoms with E-state index in [-0.39, 0.29) is 16.9 Å². The zero-order chi connectivity index (χ0) is 20.6. The van der Waals surface area contributed by atoms with E-state index in [1.807, 2.05) is 41.3 Å². The van der Waals surface area contributed by atoms with Gasteiger partial charge < -0.3 is 21.3 Å². The number of anilines is 2. The molecule has 0 aliphatic carbocycles. The number of para-hydroxylation sites is 1. The van der Waals surface area contributed by atoms with E-state index in [0.717, 1.165) is 18.7 Å². The van der Waals surface area contributed by atoms with E-state index in [1.165, 1.54) is 0 Å². The summed E-state index contributed by atoms with van der Waals surface area (Å²) in [7, 11) is 0. The molecule has 0 bridgehead atoms. The molecular weight excluding hydrogens is 386 g/mol. The van der Waals surface area contributed by atoms with E-state index in [4.69, 9.17) is 18.0 Å². The Morgan fingerprint density at radius 3 is 2.45 bits per heavy atom. The number of amides is 2. The number of carbonyl (C=O) groups is 2. The highest BCUT2D eigenvalue weighted by Crippen LogP contribution is 2.14. The molecule has 1 fully saturated rings. The predicted octanol–water partition coefficient (Wildman–Crippen LogP) is 2.13. The predicted molar refractivity (Wildman–Crippen MR) is 119 cm³/mol. The standard InChI is InChI=1S/C21H25N5O2S/c22-21(29)24-18-9-4-6-16(14-18)20(28)26-11-5-10-25(12-13-26)15-19(27)23-17-7-2-1-3-8-17/h1-4,6-9,14H,5,10-13,15H2,(H,23,27)(H3,22,24,29). The van der Waals surface area contributed by atoms with Gasteiger partial charge in [0.25, 0.3) is 5.91 Å². The first-order chi connectivity index (χ1) is 14.0. The smallest absolute Gasteiger partial charge is 0.253 e. The Morgan fingerprint density at radius 1 is 0.931 bits per heavy atom. The van der Waals surface area contributed by atoms with Crippen molar-refractivity contribution in [2.45, 2.75) is 6.42 Å². The highest BCUT2D eigenvalue weighted by atomic mass is 32.1. The molecule has 0 radical (unpaired) electrons. The summed E-state index contributed by atoms with van der Waals surface area (Å²) in [5.74, 6) is -0.0836. The number of carbonyl (C=O) groups excluding carboxylic acids is 2. The van der Waals surface area contributed by atoms with Crippen LogP contribution in [0.4, 0.5) is 11.4 Å². The number of hydrogen-bond acceptors (Lipinski definition) is 4. The van der Waals surface area contributed by atoms with Crippen LogP contribution in [-0.4, -0.2) is 59.5 Å². The van der Waals surface area contributed by atoms with Crippen LogP contribution < -0.4 is 16.4 Å². The lowest BCUT2D eigenvalue weighted by Gasteiger charge is -2.22. The summed E-state index contributed by atoms with van der Waals surface area (Å²) in [4.78, 5) is 29.1. The highest BCUT2D eigenvalue weighted by molar-refractivity contribution is 7.80. The van der Waals surface area contributed by atoms with Gasteiger partial charge in [-0.2, -0.15) is 0 Å². The van der Waals surface area contributed by atoms with Crippen molar-refractivity contribution in [3.05, 3.63) is 60.2 Å². The first-order valence-electron chi connectivity index (χ1n) is 9.54. The Labute approximate surface area is 175 Å². The maximum atomic E-state index is 12.9. The van der Waals surface area contributed by atoms with Gasteiger partial charge in [-0.1, -0.05) is 24.3 Å². The zero-order valence-electron chi connectivity index (χ0n) is 16.1. The summed E-state index contributed by atoms with van der Waals surface area (Å²) in [6.45, 7) is 2.96. The van der Waals surface area contributed by atoms with Crippen molar-refractivity contribution < 1.29 is 9.59 Å². The second-order valence-electron chi connectivity index (χ2n) is 6.91. The molecule has 4 N–H and O–H groups in total. The lowest BCUT2D eigenvalue weighted by atomic mass is 10.1. The molecule has 29 heavy (non-hydrogen) atoms. The third kappa shape index (κ3) is 6.27. The largest absolute Gasteiger partial charge is 0.376 e. The monoisotopic (exact) mass is 411 g/mol. The molecule has 1 aliphatic rings.